The highest BCUT2D eigenvalue weighted by molar-refractivity contribution is 7.26. The number of nitrogens with zero attached hydrogens (tertiary/aromatic N) is 2. The first-order chi connectivity index (χ1) is 22.9. The van der Waals surface area contributed by atoms with Gasteiger partial charge in [-0.15, -0.1) is 11.3 Å². The normalized spacial score (nSPS) is 11.9. The highest BCUT2D eigenvalue weighted by atomic mass is 32.1. The summed E-state index contributed by atoms with van der Waals surface area (Å²) in [5.74, 6) is 0.990. The van der Waals surface area contributed by atoms with Gasteiger partial charge in [0.05, 0.1) is 16.7 Å². The number of imidazole rings is 1. The molecule has 7 aromatic carbocycles. The maximum Gasteiger partial charge on any atom is 0.147 e. The van der Waals surface area contributed by atoms with Crippen LogP contribution in [0.4, 0.5) is 0 Å². The Morgan fingerprint density at radius 3 is 1.96 bits per heavy atom. The van der Waals surface area contributed by atoms with Crippen molar-refractivity contribution in [3.8, 4) is 28.2 Å². The molecule has 9 aromatic rings. The molecule has 2 nitrogen and oxygen atoms in total. The first-order valence-electron chi connectivity index (χ1n) is 16.3. The zero-order chi connectivity index (χ0) is 32.0. The van der Waals surface area contributed by atoms with Crippen molar-refractivity contribution < 1.29 is 0 Å². The van der Waals surface area contributed by atoms with Crippen LogP contribution in [0.1, 0.15) is 27.8 Å². The highest BCUT2D eigenvalue weighted by Gasteiger charge is 2.23. The van der Waals surface area contributed by atoms with E-state index in [1.165, 1.54) is 91.9 Å². The number of aryl methyl sites for hydroxylation is 5. The first kappa shape index (κ1) is 28.0. The van der Waals surface area contributed by atoms with E-state index in [0.29, 0.717) is 0 Å². The molecule has 0 N–H and O–H groups in total. The SMILES string of the molecule is Cc1cc(-c2ccccc2)cc(C)c1-n1c(-c2ccc(C)c3c2sc2ccccc23)nc2cc3c(cc21)c(C)c(C)c1ccccc13. The Labute approximate surface area is 278 Å². The van der Waals surface area contributed by atoms with Gasteiger partial charge in [-0.2, -0.15) is 0 Å². The molecule has 0 bridgehead atoms. The van der Waals surface area contributed by atoms with Crippen LogP contribution in [-0.2, 0) is 0 Å². The molecule has 2 heterocycles. The van der Waals surface area contributed by atoms with Crippen LogP contribution in [0.5, 0.6) is 0 Å². The third-order valence-electron chi connectivity index (χ3n) is 10.2. The van der Waals surface area contributed by atoms with Crippen LogP contribution in [0.2, 0.25) is 0 Å². The lowest BCUT2D eigenvalue weighted by Gasteiger charge is -2.18. The van der Waals surface area contributed by atoms with Crippen LogP contribution < -0.4 is 0 Å². The standard InChI is InChI=1S/C44H34N2S/c1-25-19-20-35(43-41(25)34-17-11-12-18-40(34)47-43)44-45-38-23-37-33-16-10-9-15-32(33)28(4)29(5)36(37)24-39(38)46(44)42-26(2)21-31(22-27(42)3)30-13-7-6-8-14-30/h6-24H,1-5H3. The van der Waals surface area contributed by atoms with E-state index < -0.39 is 0 Å². The number of hydrogen-bond donors (Lipinski definition) is 0. The van der Waals surface area contributed by atoms with Gasteiger partial charge < -0.3 is 0 Å². The monoisotopic (exact) mass is 622 g/mol. The maximum absolute atomic E-state index is 5.55. The van der Waals surface area contributed by atoms with Crippen LogP contribution >= 0.6 is 11.3 Å². The van der Waals surface area contributed by atoms with E-state index in [1.54, 1.807) is 0 Å². The Balaban J connectivity index is 1.42. The van der Waals surface area contributed by atoms with Crippen LogP contribution in [0, 0.1) is 34.6 Å². The Morgan fingerprint density at radius 2 is 1.19 bits per heavy atom. The second kappa shape index (κ2) is 10.4. The molecule has 0 unspecified atom stereocenters. The molecule has 0 aliphatic rings. The molecular weight excluding hydrogens is 589 g/mol. The summed E-state index contributed by atoms with van der Waals surface area (Å²) in [6.45, 7) is 11.2. The minimum atomic E-state index is 0.990. The predicted molar refractivity (Wildman–Crippen MR) is 204 cm³/mol. The molecular formula is C44H34N2S. The Morgan fingerprint density at radius 1 is 0.532 bits per heavy atom. The minimum Gasteiger partial charge on any atom is -0.292 e. The summed E-state index contributed by atoms with van der Waals surface area (Å²) in [7, 11) is 0. The number of benzene rings is 7. The lowest BCUT2D eigenvalue weighted by Crippen LogP contribution is -2.04. The zero-order valence-corrected chi connectivity index (χ0v) is 28.1. The fourth-order valence-corrected chi connectivity index (χ4v) is 9.08. The van der Waals surface area contributed by atoms with Crippen molar-refractivity contribution in [1.29, 1.82) is 0 Å². The van der Waals surface area contributed by atoms with Gasteiger partial charge in [0.2, 0.25) is 0 Å². The molecule has 0 saturated heterocycles. The lowest BCUT2D eigenvalue weighted by atomic mass is 9.92. The van der Waals surface area contributed by atoms with Crippen molar-refractivity contribution in [2.45, 2.75) is 34.6 Å². The second-order valence-electron chi connectivity index (χ2n) is 13.0. The molecule has 0 spiro atoms. The van der Waals surface area contributed by atoms with Gasteiger partial charge in [-0.1, -0.05) is 78.9 Å². The molecule has 226 valence electrons. The van der Waals surface area contributed by atoms with E-state index in [-0.39, 0.29) is 0 Å². The molecule has 0 atom stereocenters. The topological polar surface area (TPSA) is 17.8 Å². The van der Waals surface area contributed by atoms with Crippen molar-refractivity contribution >= 4 is 64.1 Å². The third kappa shape index (κ3) is 4.13. The van der Waals surface area contributed by atoms with Gasteiger partial charge >= 0.3 is 0 Å². The predicted octanol–water partition coefficient (Wildman–Crippen LogP) is 12.6. The summed E-state index contributed by atoms with van der Waals surface area (Å²) in [4.78, 5) is 5.55. The van der Waals surface area contributed by atoms with Crippen molar-refractivity contribution in [2.75, 3.05) is 0 Å². The number of aromatic nitrogens is 2. The summed E-state index contributed by atoms with van der Waals surface area (Å²) in [6, 6.07) is 42.2. The molecule has 9 rings (SSSR count). The summed E-state index contributed by atoms with van der Waals surface area (Å²) in [5, 5.41) is 7.79. The van der Waals surface area contributed by atoms with E-state index in [9.17, 15) is 0 Å². The molecule has 0 saturated carbocycles. The van der Waals surface area contributed by atoms with Gasteiger partial charge in [-0.3, -0.25) is 4.57 Å². The van der Waals surface area contributed by atoms with Crippen molar-refractivity contribution in [1.82, 2.24) is 9.55 Å². The van der Waals surface area contributed by atoms with Crippen molar-refractivity contribution in [2.24, 2.45) is 0 Å². The average molecular weight is 623 g/mol. The smallest absolute Gasteiger partial charge is 0.147 e. The Bertz CT molecular complexity index is 2700. The van der Waals surface area contributed by atoms with E-state index in [2.05, 4.69) is 154 Å². The minimum absolute atomic E-state index is 0.990. The number of rotatable bonds is 3. The van der Waals surface area contributed by atoms with Crippen molar-refractivity contribution in [3.05, 3.63) is 143 Å². The fourth-order valence-electron chi connectivity index (χ4n) is 7.79. The van der Waals surface area contributed by atoms with Crippen LogP contribution in [0.3, 0.4) is 0 Å². The highest BCUT2D eigenvalue weighted by Crippen LogP contribution is 2.44. The molecule has 47 heavy (non-hydrogen) atoms. The molecule has 0 radical (unpaired) electrons. The second-order valence-corrected chi connectivity index (χ2v) is 14.1. The summed E-state index contributed by atoms with van der Waals surface area (Å²) < 4.78 is 5.05. The molecule has 0 amide bonds. The Kier molecular flexibility index (Phi) is 6.19. The first-order valence-corrected chi connectivity index (χ1v) is 17.1. The third-order valence-corrected chi connectivity index (χ3v) is 11.4. The molecule has 0 fully saturated rings. The van der Waals surface area contributed by atoms with Crippen LogP contribution in [0.15, 0.2) is 115 Å². The number of hydrogen-bond acceptors (Lipinski definition) is 2. The van der Waals surface area contributed by atoms with Crippen molar-refractivity contribution in [3.63, 3.8) is 0 Å². The molecule has 0 aliphatic heterocycles. The lowest BCUT2D eigenvalue weighted by molar-refractivity contribution is 1.07. The van der Waals surface area contributed by atoms with Crippen LogP contribution in [-0.4, -0.2) is 9.55 Å². The quantitative estimate of drug-likeness (QED) is 0.179. The number of fused-ring (bicyclic) bond motifs is 7. The van der Waals surface area contributed by atoms with Gasteiger partial charge in [0.1, 0.15) is 5.82 Å². The van der Waals surface area contributed by atoms with Crippen LogP contribution in [0.25, 0.3) is 81.0 Å². The largest absolute Gasteiger partial charge is 0.292 e. The van der Waals surface area contributed by atoms with E-state index in [1.807, 2.05) is 11.3 Å². The van der Waals surface area contributed by atoms with Gasteiger partial charge in [-0.05, 0) is 132 Å². The number of thiophene rings is 1. The Hall–Kier alpha value is -5.25. The average Bonchev–Trinajstić information content (AvgIpc) is 3.66. The summed E-state index contributed by atoms with van der Waals surface area (Å²) in [5.41, 5.74) is 13.4. The van der Waals surface area contributed by atoms with Gasteiger partial charge in [-0.25, -0.2) is 4.98 Å². The van der Waals surface area contributed by atoms with Gasteiger partial charge in [0.25, 0.3) is 0 Å². The van der Waals surface area contributed by atoms with E-state index in [4.69, 9.17) is 4.98 Å². The van der Waals surface area contributed by atoms with E-state index >= 15 is 0 Å². The van der Waals surface area contributed by atoms with Gasteiger partial charge in [0.15, 0.2) is 0 Å². The van der Waals surface area contributed by atoms with Gasteiger partial charge in [0, 0.05) is 25.7 Å². The maximum atomic E-state index is 5.55. The molecule has 0 aliphatic carbocycles. The molecule has 2 aromatic heterocycles. The zero-order valence-electron chi connectivity index (χ0n) is 27.3. The summed E-state index contributed by atoms with van der Waals surface area (Å²) >= 11 is 1.88. The fraction of sp³-hybridized carbons (Fsp3) is 0.114. The summed E-state index contributed by atoms with van der Waals surface area (Å²) in [6.07, 6.45) is 0. The van der Waals surface area contributed by atoms with E-state index in [0.717, 1.165) is 16.9 Å². The molecule has 3 heteroatoms.